The number of hydrogen-bond donors (Lipinski definition) is 1. The van der Waals surface area contributed by atoms with Gasteiger partial charge in [-0.1, -0.05) is 36.3 Å². The number of nitrogens with zero attached hydrogens (tertiary/aromatic N) is 1. The second-order valence-corrected chi connectivity index (χ2v) is 5.37. The second-order valence-electron chi connectivity index (χ2n) is 5.37. The van der Waals surface area contributed by atoms with Gasteiger partial charge in [0.1, 0.15) is 0 Å². The van der Waals surface area contributed by atoms with Crippen LogP contribution in [0.5, 0.6) is 0 Å². The molecule has 2 rings (SSSR count). The molecular formula is C16H21NO. The maximum absolute atomic E-state index is 9.85. The third kappa shape index (κ3) is 3.13. The summed E-state index contributed by atoms with van der Waals surface area (Å²) in [7, 11) is 0. The van der Waals surface area contributed by atoms with Crippen molar-refractivity contribution in [2.45, 2.75) is 32.4 Å². The van der Waals surface area contributed by atoms with Crippen molar-refractivity contribution in [1.29, 1.82) is 0 Å². The molecule has 0 aliphatic heterocycles. The van der Waals surface area contributed by atoms with Gasteiger partial charge in [-0.2, -0.15) is 0 Å². The fraction of sp³-hybridized carbons (Fsp3) is 0.500. The Bertz CT molecular complexity index is 414. The highest BCUT2D eigenvalue weighted by Gasteiger charge is 2.47. The molecule has 1 saturated carbocycles. The van der Waals surface area contributed by atoms with E-state index in [0.29, 0.717) is 6.54 Å². The van der Waals surface area contributed by atoms with E-state index in [4.69, 9.17) is 6.42 Å². The van der Waals surface area contributed by atoms with Crippen LogP contribution in [0.1, 0.15) is 25.3 Å². The number of benzene rings is 1. The SMILES string of the molecule is C#CCN(Cc1ccccc1)CC1(C(C)O)CC1. The first-order chi connectivity index (χ1) is 8.66. The van der Waals surface area contributed by atoms with E-state index < -0.39 is 0 Å². The molecule has 1 atom stereocenters. The average Bonchev–Trinajstić information content (AvgIpc) is 3.12. The predicted molar refractivity (Wildman–Crippen MR) is 73.9 cm³/mol. The summed E-state index contributed by atoms with van der Waals surface area (Å²) < 4.78 is 0. The fourth-order valence-corrected chi connectivity index (χ4v) is 2.45. The molecule has 2 heteroatoms. The van der Waals surface area contributed by atoms with E-state index in [-0.39, 0.29) is 11.5 Å². The van der Waals surface area contributed by atoms with Gasteiger partial charge in [-0.15, -0.1) is 6.42 Å². The van der Waals surface area contributed by atoms with E-state index >= 15 is 0 Å². The molecule has 0 saturated heterocycles. The summed E-state index contributed by atoms with van der Waals surface area (Å²) >= 11 is 0. The number of aliphatic hydroxyl groups excluding tert-OH is 1. The van der Waals surface area contributed by atoms with Crippen LogP contribution in [0.3, 0.4) is 0 Å². The number of aliphatic hydroxyl groups is 1. The number of hydrogen-bond acceptors (Lipinski definition) is 2. The standard InChI is InChI=1S/C16H21NO/c1-3-11-17(12-15-7-5-4-6-8-15)13-16(9-10-16)14(2)18/h1,4-8,14,18H,9-13H2,2H3. The zero-order valence-electron chi connectivity index (χ0n) is 11.0. The highest BCUT2D eigenvalue weighted by Crippen LogP contribution is 2.49. The molecule has 96 valence electrons. The van der Waals surface area contributed by atoms with Crippen LogP contribution in [0, 0.1) is 17.8 Å². The molecule has 2 nitrogen and oxygen atoms in total. The molecule has 0 bridgehead atoms. The molecule has 0 heterocycles. The summed E-state index contributed by atoms with van der Waals surface area (Å²) in [5, 5.41) is 9.85. The smallest absolute Gasteiger partial charge is 0.0602 e. The fourth-order valence-electron chi connectivity index (χ4n) is 2.45. The minimum absolute atomic E-state index is 0.0889. The van der Waals surface area contributed by atoms with Crippen LogP contribution in [0.2, 0.25) is 0 Å². The van der Waals surface area contributed by atoms with Crippen molar-refractivity contribution in [2.24, 2.45) is 5.41 Å². The first-order valence-electron chi connectivity index (χ1n) is 6.54. The van der Waals surface area contributed by atoms with Crippen LogP contribution in [0.25, 0.3) is 0 Å². The van der Waals surface area contributed by atoms with Crippen molar-refractivity contribution in [1.82, 2.24) is 4.90 Å². The zero-order chi connectivity index (χ0) is 13.0. The van der Waals surface area contributed by atoms with E-state index in [2.05, 4.69) is 23.0 Å². The van der Waals surface area contributed by atoms with Gasteiger partial charge in [0, 0.05) is 18.5 Å². The number of terminal acetylenes is 1. The van der Waals surface area contributed by atoms with Gasteiger partial charge in [-0.05, 0) is 25.3 Å². The Balaban J connectivity index is 1.99. The lowest BCUT2D eigenvalue weighted by molar-refractivity contribution is 0.0790. The van der Waals surface area contributed by atoms with Crippen molar-refractivity contribution in [2.75, 3.05) is 13.1 Å². The molecule has 1 aliphatic carbocycles. The van der Waals surface area contributed by atoms with Crippen molar-refractivity contribution < 1.29 is 5.11 Å². The first-order valence-corrected chi connectivity index (χ1v) is 6.54. The molecular weight excluding hydrogens is 222 g/mol. The van der Waals surface area contributed by atoms with Crippen LogP contribution >= 0.6 is 0 Å². The van der Waals surface area contributed by atoms with Gasteiger partial charge in [0.15, 0.2) is 0 Å². The van der Waals surface area contributed by atoms with Gasteiger partial charge in [0.05, 0.1) is 12.6 Å². The zero-order valence-corrected chi connectivity index (χ0v) is 11.0. The summed E-state index contributed by atoms with van der Waals surface area (Å²) in [6.45, 7) is 4.29. The minimum Gasteiger partial charge on any atom is -0.393 e. The molecule has 0 radical (unpaired) electrons. The quantitative estimate of drug-likeness (QED) is 0.775. The molecule has 1 aromatic carbocycles. The second kappa shape index (κ2) is 5.56. The van der Waals surface area contributed by atoms with Gasteiger partial charge in [-0.25, -0.2) is 0 Å². The first kappa shape index (κ1) is 13.1. The van der Waals surface area contributed by atoms with Crippen molar-refractivity contribution in [3.05, 3.63) is 35.9 Å². The van der Waals surface area contributed by atoms with Crippen LogP contribution in [-0.4, -0.2) is 29.2 Å². The molecule has 1 aromatic rings. The Morgan fingerprint density at radius 2 is 2.06 bits per heavy atom. The summed E-state index contributed by atoms with van der Waals surface area (Å²) in [6.07, 6.45) is 7.43. The molecule has 0 aromatic heterocycles. The van der Waals surface area contributed by atoms with Crippen LogP contribution in [-0.2, 0) is 6.54 Å². The summed E-state index contributed by atoms with van der Waals surface area (Å²) in [6, 6.07) is 10.3. The molecule has 1 fully saturated rings. The van der Waals surface area contributed by atoms with Crippen LogP contribution < -0.4 is 0 Å². The number of rotatable bonds is 6. The Kier molecular flexibility index (Phi) is 4.06. The maximum atomic E-state index is 9.85. The maximum Gasteiger partial charge on any atom is 0.0602 e. The molecule has 0 amide bonds. The van der Waals surface area contributed by atoms with E-state index in [1.54, 1.807) is 0 Å². The molecule has 1 aliphatic rings. The summed E-state index contributed by atoms with van der Waals surface area (Å²) in [4.78, 5) is 2.26. The highest BCUT2D eigenvalue weighted by molar-refractivity contribution is 5.15. The van der Waals surface area contributed by atoms with Gasteiger partial charge in [-0.3, -0.25) is 4.90 Å². The molecule has 18 heavy (non-hydrogen) atoms. The van der Waals surface area contributed by atoms with Crippen molar-refractivity contribution in [3.8, 4) is 12.3 Å². The van der Waals surface area contributed by atoms with Crippen LogP contribution in [0.4, 0.5) is 0 Å². The normalized spacial score (nSPS) is 18.3. The van der Waals surface area contributed by atoms with Crippen molar-refractivity contribution >= 4 is 0 Å². The van der Waals surface area contributed by atoms with E-state index in [0.717, 1.165) is 25.9 Å². The topological polar surface area (TPSA) is 23.5 Å². The molecule has 1 N–H and O–H groups in total. The Morgan fingerprint density at radius 1 is 1.39 bits per heavy atom. The van der Waals surface area contributed by atoms with Crippen molar-refractivity contribution in [3.63, 3.8) is 0 Å². The van der Waals surface area contributed by atoms with Crippen LogP contribution in [0.15, 0.2) is 30.3 Å². The lowest BCUT2D eigenvalue weighted by atomic mass is 9.99. The Labute approximate surface area is 110 Å². The lowest BCUT2D eigenvalue weighted by Crippen LogP contribution is -2.35. The predicted octanol–water partition coefficient (Wildman–Crippen LogP) is 2.28. The van der Waals surface area contributed by atoms with Gasteiger partial charge >= 0.3 is 0 Å². The van der Waals surface area contributed by atoms with Gasteiger partial charge in [0.2, 0.25) is 0 Å². The Hall–Kier alpha value is -1.30. The lowest BCUT2D eigenvalue weighted by Gasteiger charge is -2.27. The highest BCUT2D eigenvalue weighted by atomic mass is 16.3. The van der Waals surface area contributed by atoms with Gasteiger partial charge in [0.25, 0.3) is 0 Å². The Morgan fingerprint density at radius 3 is 2.56 bits per heavy atom. The van der Waals surface area contributed by atoms with Gasteiger partial charge < -0.3 is 5.11 Å². The third-order valence-corrected chi connectivity index (χ3v) is 3.88. The summed E-state index contributed by atoms with van der Waals surface area (Å²) in [5.41, 5.74) is 1.36. The average molecular weight is 243 g/mol. The van der Waals surface area contributed by atoms with E-state index in [1.807, 2.05) is 25.1 Å². The third-order valence-electron chi connectivity index (χ3n) is 3.88. The largest absolute Gasteiger partial charge is 0.393 e. The van der Waals surface area contributed by atoms with E-state index in [9.17, 15) is 5.11 Å². The van der Waals surface area contributed by atoms with E-state index in [1.165, 1.54) is 5.56 Å². The monoisotopic (exact) mass is 243 g/mol. The minimum atomic E-state index is -0.242. The molecule has 0 spiro atoms. The summed E-state index contributed by atoms with van der Waals surface area (Å²) in [5.74, 6) is 2.72. The molecule has 1 unspecified atom stereocenters.